The van der Waals surface area contributed by atoms with E-state index in [1.54, 1.807) is 0 Å². The van der Waals surface area contributed by atoms with E-state index < -0.39 is 0 Å². The van der Waals surface area contributed by atoms with Crippen molar-refractivity contribution in [3.63, 3.8) is 0 Å². The molecule has 0 spiro atoms. The normalized spacial score (nSPS) is 21.8. The first kappa shape index (κ1) is 16.1. The monoisotopic (exact) mass is 293 g/mol. The molecule has 1 fully saturated rings. The van der Waals surface area contributed by atoms with Gasteiger partial charge in [0.1, 0.15) is 6.10 Å². The maximum Gasteiger partial charge on any atom is 0.166 e. The van der Waals surface area contributed by atoms with Crippen molar-refractivity contribution in [3.8, 4) is 11.5 Å². The summed E-state index contributed by atoms with van der Waals surface area (Å²) in [6.45, 7) is 7.54. The van der Waals surface area contributed by atoms with Crippen LogP contribution >= 0.6 is 0 Å². The van der Waals surface area contributed by atoms with Gasteiger partial charge in [-0.2, -0.15) is 0 Å². The van der Waals surface area contributed by atoms with E-state index in [1.807, 2.05) is 19.1 Å². The number of aliphatic hydroxyl groups is 1. The number of benzene rings is 1. The summed E-state index contributed by atoms with van der Waals surface area (Å²) in [5.74, 6) is 1.54. The highest BCUT2D eigenvalue weighted by molar-refractivity contribution is 5.47. The third-order valence-electron chi connectivity index (χ3n) is 3.75. The van der Waals surface area contributed by atoms with Crippen LogP contribution in [0.4, 0.5) is 0 Å². The summed E-state index contributed by atoms with van der Waals surface area (Å²) in [6, 6.07) is 6.37. The van der Waals surface area contributed by atoms with Gasteiger partial charge in [-0.15, -0.1) is 0 Å². The Labute approximate surface area is 127 Å². The van der Waals surface area contributed by atoms with Gasteiger partial charge in [-0.25, -0.2) is 0 Å². The molecule has 1 aliphatic rings. The fourth-order valence-corrected chi connectivity index (χ4v) is 2.61. The third-order valence-corrected chi connectivity index (χ3v) is 3.75. The van der Waals surface area contributed by atoms with E-state index >= 15 is 0 Å². The zero-order valence-electron chi connectivity index (χ0n) is 13.3. The maximum atomic E-state index is 10.00. The molecule has 1 aliphatic carbocycles. The van der Waals surface area contributed by atoms with E-state index in [1.165, 1.54) is 0 Å². The molecular formula is C17H27NO3. The van der Waals surface area contributed by atoms with Crippen molar-refractivity contribution in [2.45, 2.75) is 64.8 Å². The van der Waals surface area contributed by atoms with E-state index in [2.05, 4.69) is 25.2 Å². The predicted octanol–water partition coefficient (Wildman–Crippen LogP) is 2.88. The molecule has 21 heavy (non-hydrogen) atoms. The van der Waals surface area contributed by atoms with E-state index in [0.717, 1.165) is 42.9 Å². The Morgan fingerprint density at radius 3 is 2.76 bits per heavy atom. The number of hydrogen-bond donors (Lipinski definition) is 2. The smallest absolute Gasteiger partial charge is 0.166 e. The molecule has 0 heterocycles. The number of para-hydroxylation sites is 1. The lowest BCUT2D eigenvalue weighted by Gasteiger charge is -2.22. The maximum absolute atomic E-state index is 10.00. The molecule has 1 aromatic carbocycles. The molecule has 1 aromatic rings. The van der Waals surface area contributed by atoms with Crippen LogP contribution in [0.25, 0.3) is 0 Å². The predicted molar refractivity (Wildman–Crippen MR) is 83.9 cm³/mol. The first-order chi connectivity index (χ1) is 10.1. The molecule has 2 unspecified atom stereocenters. The Bertz CT molecular complexity index is 448. The molecule has 4 nitrogen and oxygen atoms in total. The third kappa shape index (κ3) is 4.35. The van der Waals surface area contributed by atoms with Crippen molar-refractivity contribution in [1.29, 1.82) is 0 Å². The molecule has 0 amide bonds. The Morgan fingerprint density at radius 1 is 1.33 bits per heavy atom. The van der Waals surface area contributed by atoms with Gasteiger partial charge in [0.15, 0.2) is 11.5 Å². The van der Waals surface area contributed by atoms with Crippen LogP contribution in [0.2, 0.25) is 0 Å². The molecule has 0 saturated heterocycles. The zero-order valence-corrected chi connectivity index (χ0v) is 13.3. The van der Waals surface area contributed by atoms with Gasteiger partial charge in [0.05, 0.1) is 12.7 Å². The van der Waals surface area contributed by atoms with Crippen LogP contribution in [0.5, 0.6) is 11.5 Å². The van der Waals surface area contributed by atoms with Gasteiger partial charge in [-0.1, -0.05) is 26.0 Å². The SMILES string of the molecule is CCOc1cccc(CNC(C)C)c1OC1CCCC1O. The van der Waals surface area contributed by atoms with Gasteiger partial charge < -0.3 is 19.9 Å². The summed E-state index contributed by atoms with van der Waals surface area (Å²) in [5, 5.41) is 13.4. The van der Waals surface area contributed by atoms with E-state index in [0.29, 0.717) is 12.6 Å². The van der Waals surface area contributed by atoms with Gasteiger partial charge in [-0.05, 0) is 32.3 Å². The second kappa shape index (κ2) is 7.66. The van der Waals surface area contributed by atoms with Crippen molar-refractivity contribution in [3.05, 3.63) is 23.8 Å². The van der Waals surface area contributed by atoms with Gasteiger partial charge >= 0.3 is 0 Å². The summed E-state index contributed by atoms with van der Waals surface area (Å²) in [7, 11) is 0. The lowest BCUT2D eigenvalue weighted by molar-refractivity contribution is 0.0574. The van der Waals surface area contributed by atoms with Gasteiger partial charge in [0.25, 0.3) is 0 Å². The molecule has 2 N–H and O–H groups in total. The number of nitrogens with one attached hydrogen (secondary N) is 1. The highest BCUT2D eigenvalue weighted by Crippen LogP contribution is 2.35. The second-order valence-corrected chi connectivity index (χ2v) is 5.87. The number of rotatable bonds is 7. The van der Waals surface area contributed by atoms with Crippen molar-refractivity contribution >= 4 is 0 Å². The van der Waals surface area contributed by atoms with Crippen LogP contribution in [-0.4, -0.2) is 30.0 Å². The fraction of sp³-hybridized carbons (Fsp3) is 0.647. The van der Waals surface area contributed by atoms with Crippen molar-refractivity contribution in [2.24, 2.45) is 0 Å². The quantitative estimate of drug-likeness (QED) is 0.811. The molecule has 2 atom stereocenters. The molecule has 0 aliphatic heterocycles. The van der Waals surface area contributed by atoms with E-state index in [9.17, 15) is 5.11 Å². The van der Waals surface area contributed by atoms with Crippen molar-refractivity contribution < 1.29 is 14.6 Å². The van der Waals surface area contributed by atoms with Gasteiger partial charge in [0, 0.05) is 18.2 Å². The van der Waals surface area contributed by atoms with Crippen LogP contribution in [0.1, 0.15) is 45.6 Å². The molecular weight excluding hydrogens is 266 g/mol. The molecule has 0 aromatic heterocycles. The van der Waals surface area contributed by atoms with Gasteiger partial charge in [-0.3, -0.25) is 0 Å². The lowest BCUT2D eigenvalue weighted by Crippen LogP contribution is -2.27. The Balaban J connectivity index is 2.20. The molecule has 0 bridgehead atoms. The van der Waals surface area contributed by atoms with Crippen LogP contribution in [0, 0.1) is 0 Å². The van der Waals surface area contributed by atoms with Crippen molar-refractivity contribution in [2.75, 3.05) is 6.61 Å². The average Bonchev–Trinajstić information content (AvgIpc) is 2.85. The summed E-state index contributed by atoms with van der Waals surface area (Å²) >= 11 is 0. The Hall–Kier alpha value is -1.26. The summed E-state index contributed by atoms with van der Waals surface area (Å²) in [6.07, 6.45) is 2.25. The first-order valence-electron chi connectivity index (χ1n) is 7.94. The number of ether oxygens (including phenoxy) is 2. The highest BCUT2D eigenvalue weighted by atomic mass is 16.5. The lowest BCUT2D eigenvalue weighted by atomic mass is 10.1. The average molecular weight is 293 g/mol. The van der Waals surface area contributed by atoms with E-state index in [4.69, 9.17) is 9.47 Å². The minimum atomic E-state index is -0.370. The van der Waals surface area contributed by atoms with Crippen LogP contribution in [0.15, 0.2) is 18.2 Å². The van der Waals surface area contributed by atoms with Crippen LogP contribution in [-0.2, 0) is 6.54 Å². The summed E-state index contributed by atoms with van der Waals surface area (Å²) in [4.78, 5) is 0. The summed E-state index contributed by atoms with van der Waals surface area (Å²) < 4.78 is 11.8. The van der Waals surface area contributed by atoms with Crippen molar-refractivity contribution in [1.82, 2.24) is 5.32 Å². The minimum Gasteiger partial charge on any atom is -0.490 e. The molecule has 0 radical (unpaired) electrons. The standard InChI is InChI=1S/C17H27NO3/c1-4-20-16-10-5-7-13(11-18-12(2)3)17(16)21-15-9-6-8-14(15)19/h5,7,10,12,14-15,18-19H,4,6,8-9,11H2,1-3H3. The molecule has 4 heteroatoms. The summed E-state index contributed by atoms with van der Waals surface area (Å²) in [5.41, 5.74) is 1.08. The zero-order chi connectivity index (χ0) is 15.2. The first-order valence-corrected chi connectivity index (χ1v) is 7.94. The molecule has 1 saturated carbocycles. The topological polar surface area (TPSA) is 50.7 Å². The largest absolute Gasteiger partial charge is 0.490 e. The fourth-order valence-electron chi connectivity index (χ4n) is 2.61. The van der Waals surface area contributed by atoms with Gasteiger partial charge in [0.2, 0.25) is 0 Å². The van der Waals surface area contributed by atoms with Crippen LogP contribution < -0.4 is 14.8 Å². The highest BCUT2D eigenvalue weighted by Gasteiger charge is 2.28. The number of hydrogen-bond acceptors (Lipinski definition) is 4. The molecule has 118 valence electrons. The Morgan fingerprint density at radius 2 is 2.14 bits per heavy atom. The number of aliphatic hydroxyl groups excluding tert-OH is 1. The minimum absolute atomic E-state index is 0.121. The Kier molecular flexibility index (Phi) is 5.88. The molecule has 2 rings (SSSR count). The second-order valence-electron chi connectivity index (χ2n) is 5.87. The van der Waals surface area contributed by atoms with Crippen LogP contribution in [0.3, 0.4) is 0 Å². The van der Waals surface area contributed by atoms with E-state index in [-0.39, 0.29) is 12.2 Å².